The molecule has 35 heavy (non-hydrogen) atoms. The molecule has 1 aromatic carbocycles. The predicted molar refractivity (Wildman–Crippen MR) is 154 cm³/mol. The molecule has 1 fully saturated rings. The maximum absolute atomic E-state index is 4.89. The molecular weight excluding hydrogens is 430 g/mol. The van der Waals surface area contributed by atoms with E-state index in [9.17, 15) is 0 Å². The normalized spacial score (nSPS) is 14.7. The van der Waals surface area contributed by atoms with Crippen LogP contribution >= 0.6 is 0 Å². The van der Waals surface area contributed by atoms with E-state index in [0.717, 1.165) is 92.3 Å². The Morgan fingerprint density at radius 2 is 1.71 bits per heavy atom. The minimum Gasteiger partial charge on any atom is -0.389 e. The lowest BCUT2D eigenvalue weighted by molar-refractivity contribution is 0.686. The summed E-state index contributed by atoms with van der Waals surface area (Å²) >= 11 is 0. The first kappa shape index (κ1) is 26.7. The van der Waals surface area contributed by atoms with Crippen molar-refractivity contribution in [2.45, 2.75) is 65.7 Å². The first-order valence-electron chi connectivity index (χ1n) is 13.4. The maximum Gasteiger partial charge on any atom is 0.0821 e. The van der Waals surface area contributed by atoms with Crippen LogP contribution in [0.2, 0.25) is 0 Å². The van der Waals surface area contributed by atoms with E-state index < -0.39 is 0 Å². The van der Waals surface area contributed by atoms with E-state index in [1.165, 1.54) is 24.2 Å². The summed E-state index contributed by atoms with van der Waals surface area (Å²) in [6.45, 7) is 23.1. The van der Waals surface area contributed by atoms with E-state index in [1.54, 1.807) is 0 Å². The van der Waals surface area contributed by atoms with E-state index in [0.29, 0.717) is 5.92 Å². The zero-order chi connectivity index (χ0) is 25.2. The Morgan fingerprint density at radius 3 is 2.37 bits per heavy atom. The van der Waals surface area contributed by atoms with Crippen LogP contribution < -0.4 is 20.9 Å². The summed E-state index contributed by atoms with van der Waals surface area (Å²) in [5.74, 6) is 0.699. The molecule has 0 aromatic heterocycles. The molecule has 1 aliphatic carbocycles. The summed E-state index contributed by atoms with van der Waals surface area (Å²) in [7, 11) is 0. The lowest BCUT2D eigenvalue weighted by Gasteiger charge is -2.28. The van der Waals surface area contributed by atoms with Gasteiger partial charge in [0.2, 0.25) is 0 Å². The fourth-order valence-electron chi connectivity index (χ4n) is 4.35. The lowest BCUT2D eigenvalue weighted by atomic mass is 10.1. The third-order valence-electron chi connectivity index (χ3n) is 6.58. The quantitative estimate of drug-likeness (QED) is 0.216. The Morgan fingerprint density at radius 1 is 1.00 bits per heavy atom. The first-order valence-corrected chi connectivity index (χ1v) is 13.4. The lowest BCUT2D eigenvalue weighted by Crippen LogP contribution is -2.26. The molecule has 0 unspecified atom stereocenters. The Bertz CT molecular complexity index is 961. The van der Waals surface area contributed by atoms with Gasteiger partial charge in [-0.1, -0.05) is 52.7 Å². The van der Waals surface area contributed by atoms with Crippen LogP contribution in [0.3, 0.4) is 0 Å². The molecule has 1 aliphatic heterocycles. The number of nitrogens with one attached hydrogen (secondary N) is 3. The summed E-state index contributed by atoms with van der Waals surface area (Å²) in [4.78, 5) is 7.35. The van der Waals surface area contributed by atoms with Crippen molar-refractivity contribution in [3.05, 3.63) is 66.7 Å². The number of anilines is 2. The van der Waals surface area contributed by atoms with Crippen molar-refractivity contribution >= 4 is 22.8 Å². The summed E-state index contributed by atoms with van der Waals surface area (Å²) < 4.78 is 0. The fraction of sp³-hybridized carbons (Fsp3) is 0.500. The molecule has 1 heterocycles. The van der Waals surface area contributed by atoms with Crippen LogP contribution in [0.5, 0.6) is 0 Å². The van der Waals surface area contributed by atoms with Gasteiger partial charge in [-0.2, -0.15) is 0 Å². The molecule has 0 amide bonds. The highest BCUT2D eigenvalue weighted by atomic mass is 15.1. The van der Waals surface area contributed by atoms with Gasteiger partial charge >= 0.3 is 0 Å². The molecule has 2 aliphatic rings. The third kappa shape index (κ3) is 7.78. The summed E-state index contributed by atoms with van der Waals surface area (Å²) in [5.41, 5.74) is 8.56. The fourth-order valence-corrected chi connectivity index (χ4v) is 4.35. The number of aliphatic imine (C=N–C) groups is 1. The molecule has 0 bridgehead atoms. The van der Waals surface area contributed by atoms with Gasteiger partial charge in [0.15, 0.2) is 0 Å². The maximum atomic E-state index is 4.89. The van der Waals surface area contributed by atoms with E-state index in [1.807, 2.05) is 0 Å². The van der Waals surface area contributed by atoms with Gasteiger partial charge in [0.05, 0.1) is 22.8 Å². The van der Waals surface area contributed by atoms with Crippen LogP contribution in [0.25, 0.3) is 5.70 Å². The number of rotatable bonds is 17. The number of allylic oxidation sites excluding steroid dienone is 2. The first-order chi connectivity index (χ1) is 17.0. The molecular formula is C30H45N5. The van der Waals surface area contributed by atoms with Gasteiger partial charge in [0, 0.05) is 49.7 Å². The highest BCUT2D eigenvalue weighted by molar-refractivity contribution is 5.93. The van der Waals surface area contributed by atoms with Crippen LogP contribution in [0, 0.1) is 5.92 Å². The van der Waals surface area contributed by atoms with Crippen LogP contribution in [0.1, 0.15) is 71.3 Å². The Balaban J connectivity index is 1.72. The van der Waals surface area contributed by atoms with E-state index in [2.05, 4.69) is 85.6 Å². The Labute approximate surface area is 213 Å². The van der Waals surface area contributed by atoms with Gasteiger partial charge in [-0.3, -0.25) is 4.99 Å². The molecule has 3 rings (SSSR count). The van der Waals surface area contributed by atoms with Crippen molar-refractivity contribution in [1.82, 2.24) is 10.6 Å². The number of nitrogens with zero attached hydrogens (tertiary/aromatic N) is 2. The Kier molecular flexibility index (Phi) is 10.1. The predicted octanol–water partition coefficient (Wildman–Crippen LogP) is 6.84. The molecule has 0 saturated heterocycles. The van der Waals surface area contributed by atoms with Crippen molar-refractivity contribution in [1.29, 1.82) is 0 Å². The molecule has 0 radical (unpaired) electrons. The topological polar surface area (TPSA) is 51.7 Å². The van der Waals surface area contributed by atoms with Crippen LogP contribution in [-0.4, -0.2) is 31.9 Å². The molecule has 1 aromatic rings. The van der Waals surface area contributed by atoms with E-state index in [-0.39, 0.29) is 0 Å². The zero-order valence-corrected chi connectivity index (χ0v) is 22.2. The molecule has 0 spiro atoms. The van der Waals surface area contributed by atoms with Crippen molar-refractivity contribution in [2.24, 2.45) is 10.9 Å². The van der Waals surface area contributed by atoms with Gasteiger partial charge in [-0.05, 0) is 62.1 Å². The van der Waals surface area contributed by atoms with Gasteiger partial charge < -0.3 is 20.9 Å². The van der Waals surface area contributed by atoms with Gasteiger partial charge in [0.1, 0.15) is 0 Å². The molecule has 190 valence electrons. The van der Waals surface area contributed by atoms with Crippen molar-refractivity contribution in [2.75, 3.05) is 36.4 Å². The van der Waals surface area contributed by atoms with E-state index in [4.69, 9.17) is 4.99 Å². The SMILES string of the molecule is C=C(CC)NCCCNC(=C)c1ccc(N(CCC)CCC)c(NC(=C)C2=CCC(C3CC3)=N2)c1. The largest absolute Gasteiger partial charge is 0.389 e. The van der Waals surface area contributed by atoms with Crippen molar-refractivity contribution in [3.8, 4) is 0 Å². The number of benzene rings is 1. The van der Waals surface area contributed by atoms with Gasteiger partial charge in [-0.25, -0.2) is 0 Å². The average Bonchev–Trinajstić information content (AvgIpc) is 3.59. The highest BCUT2D eigenvalue weighted by Crippen LogP contribution is 2.37. The van der Waals surface area contributed by atoms with E-state index >= 15 is 0 Å². The molecule has 5 nitrogen and oxygen atoms in total. The Hall–Kier alpha value is -2.95. The second kappa shape index (κ2) is 13.2. The standard InChI is InChI=1S/C30H45N5/c1-7-19-35(20-8-2)30-16-13-26(23(5)32-18-10-17-31-22(4)9-3)21-29(30)33-24(6)27-14-15-28(34-27)25-11-12-25/h13-14,16,21,25,31-33H,4-12,15,17-20H2,1-3H3. The highest BCUT2D eigenvalue weighted by Gasteiger charge is 2.29. The summed E-state index contributed by atoms with van der Waals surface area (Å²) in [6, 6.07) is 6.59. The third-order valence-corrected chi connectivity index (χ3v) is 6.58. The summed E-state index contributed by atoms with van der Waals surface area (Å²) in [6.07, 6.45) is 9.93. The molecule has 1 saturated carbocycles. The van der Waals surface area contributed by atoms with Crippen LogP contribution in [-0.2, 0) is 0 Å². The van der Waals surface area contributed by atoms with Crippen molar-refractivity contribution < 1.29 is 0 Å². The molecule has 0 atom stereocenters. The monoisotopic (exact) mass is 475 g/mol. The minimum atomic E-state index is 0.699. The smallest absolute Gasteiger partial charge is 0.0821 e. The second-order valence-electron chi connectivity index (χ2n) is 9.64. The van der Waals surface area contributed by atoms with Crippen LogP contribution in [0.4, 0.5) is 11.4 Å². The average molecular weight is 476 g/mol. The van der Waals surface area contributed by atoms with Gasteiger partial charge in [0.25, 0.3) is 0 Å². The minimum absolute atomic E-state index is 0.699. The number of hydrogen-bond donors (Lipinski definition) is 3. The molecule has 3 N–H and O–H groups in total. The second-order valence-corrected chi connectivity index (χ2v) is 9.64. The zero-order valence-electron chi connectivity index (χ0n) is 22.2. The number of hydrogen-bond acceptors (Lipinski definition) is 5. The molecule has 5 heteroatoms. The van der Waals surface area contributed by atoms with Crippen molar-refractivity contribution in [3.63, 3.8) is 0 Å². The summed E-state index contributed by atoms with van der Waals surface area (Å²) in [5, 5.41) is 10.5. The van der Waals surface area contributed by atoms with Gasteiger partial charge in [-0.15, -0.1) is 0 Å². The van der Waals surface area contributed by atoms with Crippen LogP contribution in [0.15, 0.2) is 66.1 Å².